The molecule has 0 bridgehead atoms. The van der Waals surface area contributed by atoms with E-state index in [1.165, 1.54) is 18.2 Å². The molecule has 0 amide bonds. The molecule has 0 saturated carbocycles. The fraction of sp³-hybridized carbons (Fsp3) is 0.263. The maximum atomic E-state index is 12.4. The molecule has 0 radical (unpaired) electrons. The Labute approximate surface area is 389 Å². The van der Waals surface area contributed by atoms with Gasteiger partial charge in [0.25, 0.3) is 0 Å². The quantitative estimate of drug-likeness (QED) is 0.166. The van der Waals surface area contributed by atoms with E-state index in [1.807, 2.05) is 66.7 Å². The Morgan fingerprint density at radius 3 is 2.08 bits per heavy atom. The van der Waals surface area contributed by atoms with Crippen LogP contribution in [-0.4, -0.2) is 19.6 Å². The first-order valence-electron chi connectivity index (χ1n) is 29.7. The summed E-state index contributed by atoms with van der Waals surface area (Å²) >= 11 is 0. The van der Waals surface area contributed by atoms with E-state index < -0.39 is 103 Å². The number of phenols is 1. The molecule has 0 atom stereocenters. The molecule has 0 aliphatic rings. The van der Waals surface area contributed by atoms with Gasteiger partial charge in [-0.1, -0.05) is 159 Å². The fourth-order valence-corrected chi connectivity index (χ4v) is 7.56. The molecule has 308 valence electrons. The number of phenolic OH excluding ortho intramolecular Hbond substituents is 1. The summed E-state index contributed by atoms with van der Waals surface area (Å²) in [4.78, 5) is 9.78. The monoisotopic (exact) mass is 821 g/mol. The average molecular weight is 821 g/mol. The third-order valence-electron chi connectivity index (χ3n) is 11.0. The lowest BCUT2D eigenvalue weighted by Crippen LogP contribution is -2.12. The van der Waals surface area contributed by atoms with Crippen LogP contribution in [-0.2, 0) is 10.8 Å². The standard InChI is InChI=1S/C57H59N3O/c1-35(2)41-31-47(36(3)4)54(61)49(32-41)55-59-53-46(18-15-19-52(53)60(55)51-25-24-44(56(6,7)8)34-48(51)39-16-13-12-14-17-39)42-28-43(30-45(29-42)57(9,10)11)50-33-40(26-27-58-50)38-22-20-37(5)21-23-38/h12-36,61H,1-11H3/i5D3,6D3,7D3,8D3,20D,21D,22D,23D,26D,27D,33D. The number of nitrogens with zero attached hydrogens (tertiary/aromatic N) is 3. The summed E-state index contributed by atoms with van der Waals surface area (Å²) in [6.07, 6.45) is -0.658. The number of fused-ring (bicyclic) bond motifs is 1. The largest absolute Gasteiger partial charge is 0.507 e. The van der Waals surface area contributed by atoms with Crippen LogP contribution in [0.5, 0.6) is 5.75 Å². The summed E-state index contributed by atoms with van der Waals surface area (Å²) in [5.41, 5.74) is -0.882. The predicted octanol–water partition coefficient (Wildman–Crippen LogP) is 15.6. The van der Waals surface area contributed by atoms with Crippen molar-refractivity contribution in [1.29, 1.82) is 0 Å². The Hall–Kier alpha value is -6.26. The molecule has 61 heavy (non-hydrogen) atoms. The van der Waals surface area contributed by atoms with Gasteiger partial charge in [-0.25, -0.2) is 4.98 Å². The van der Waals surface area contributed by atoms with Crippen LogP contribution in [0.15, 0.2) is 139 Å². The number of hydrogen-bond donors (Lipinski definition) is 1. The van der Waals surface area contributed by atoms with Crippen molar-refractivity contribution in [2.45, 2.75) is 98.5 Å². The summed E-state index contributed by atoms with van der Waals surface area (Å²) in [6.45, 7) is 0.0236. The van der Waals surface area contributed by atoms with Crippen molar-refractivity contribution in [2.75, 3.05) is 0 Å². The van der Waals surface area contributed by atoms with Crippen LogP contribution < -0.4 is 0 Å². The molecule has 0 saturated heterocycles. The van der Waals surface area contributed by atoms with E-state index in [2.05, 4.69) is 4.98 Å². The van der Waals surface area contributed by atoms with Crippen LogP contribution in [0.3, 0.4) is 0 Å². The first-order valence-corrected chi connectivity index (χ1v) is 20.2. The molecule has 0 aliphatic heterocycles. The number of benzene rings is 6. The van der Waals surface area contributed by atoms with Crippen molar-refractivity contribution in [3.63, 3.8) is 0 Å². The zero-order valence-corrected chi connectivity index (χ0v) is 35.2. The van der Waals surface area contributed by atoms with Gasteiger partial charge < -0.3 is 5.11 Å². The second-order valence-corrected chi connectivity index (χ2v) is 17.1. The van der Waals surface area contributed by atoms with Gasteiger partial charge in [-0.2, -0.15) is 0 Å². The minimum Gasteiger partial charge on any atom is -0.507 e. The van der Waals surface area contributed by atoms with Gasteiger partial charge in [0.15, 0.2) is 0 Å². The van der Waals surface area contributed by atoms with Crippen molar-refractivity contribution >= 4 is 11.0 Å². The second-order valence-electron chi connectivity index (χ2n) is 17.1. The third-order valence-corrected chi connectivity index (χ3v) is 11.0. The molecule has 0 fully saturated rings. The second kappa shape index (κ2) is 16.0. The molecule has 2 aromatic heterocycles. The molecule has 2 heterocycles. The molecule has 6 aromatic carbocycles. The third kappa shape index (κ3) is 8.16. The van der Waals surface area contributed by atoms with Gasteiger partial charge in [-0.15, -0.1) is 0 Å². The zero-order valence-electron chi connectivity index (χ0n) is 54.2. The molecule has 1 N–H and O–H groups in total. The number of imidazole rings is 1. The lowest BCUT2D eigenvalue weighted by molar-refractivity contribution is 0.466. The average Bonchev–Trinajstić information content (AvgIpc) is 3.73. The van der Waals surface area contributed by atoms with Gasteiger partial charge in [-0.3, -0.25) is 9.55 Å². The van der Waals surface area contributed by atoms with E-state index in [-0.39, 0.29) is 40.2 Å². The Morgan fingerprint density at radius 1 is 0.639 bits per heavy atom. The Kier molecular flexibility index (Phi) is 6.35. The summed E-state index contributed by atoms with van der Waals surface area (Å²) in [7, 11) is 0. The van der Waals surface area contributed by atoms with Crippen molar-refractivity contribution < 1.29 is 31.2 Å². The topological polar surface area (TPSA) is 50.9 Å². The van der Waals surface area contributed by atoms with Crippen LogP contribution in [0, 0.1) is 6.85 Å². The number of aromatic hydroxyl groups is 1. The van der Waals surface area contributed by atoms with Crippen molar-refractivity contribution in [2.24, 2.45) is 0 Å². The lowest BCUT2D eigenvalue weighted by Gasteiger charge is -2.23. The van der Waals surface area contributed by atoms with E-state index in [0.29, 0.717) is 50.1 Å². The van der Waals surface area contributed by atoms with Gasteiger partial charge in [0, 0.05) is 39.3 Å². The lowest BCUT2D eigenvalue weighted by atomic mass is 9.83. The molecule has 4 nitrogen and oxygen atoms in total. The van der Waals surface area contributed by atoms with Crippen LogP contribution in [0.25, 0.3) is 72.7 Å². The normalized spacial score (nSPS) is 17.6. The number of rotatable bonds is 8. The number of hydrogen-bond acceptors (Lipinski definition) is 3. The van der Waals surface area contributed by atoms with Crippen molar-refractivity contribution in [1.82, 2.24) is 14.5 Å². The summed E-state index contributed by atoms with van der Waals surface area (Å²) in [6, 6.07) is 22.5. The number of aromatic nitrogens is 3. The van der Waals surface area contributed by atoms with Gasteiger partial charge in [-0.05, 0) is 123 Å². The van der Waals surface area contributed by atoms with Crippen LogP contribution in [0.1, 0.15) is 135 Å². The summed E-state index contributed by atoms with van der Waals surface area (Å²) < 4.78 is 165. The summed E-state index contributed by atoms with van der Waals surface area (Å²) in [5.74, 6) is -0.0820. The van der Waals surface area contributed by atoms with Gasteiger partial charge >= 0.3 is 0 Å². The molecule has 0 unspecified atom stereocenters. The maximum Gasteiger partial charge on any atom is 0.149 e. The highest BCUT2D eigenvalue weighted by Gasteiger charge is 2.27. The SMILES string of the molecule is [2H]c1nc(-c2cc(-c3cccc4c3nc(-c3cc(C(C)C)cc(C(C)C)c3O)n4-c3ccc(C(C([2H])([2H])[2H])(C([2H])([2H])[2H])C([2H])([2H])[2H])cc3-c3ccccc3)cc(C(C)(C)C)c2)c([2H])c(-c2c([2H])c([2H])c(C([2H])([2H])[2H])c([2H])c2[2H])c1[2H]. The van der Waals surface area contributed by atoms with Gasteiger partial charge in [0.05, 0.1) is 37.6 Å². The molecule has 0 aliphatic carbocycles. The van der Waals surface area contributed by atoms with Gasteiger partial charge in [0.2, 0.25) is 0 Å². The first kappa shape index (κ1) is 24.3. The Bertz CT molecular complexity index is 3690. The number of para-hydroxylation sites is 1. The Balaban J connectivity index is 1.51. The molecule has 8 rings (SSSR count). The number of pyridine rings is 1. The highest BCUT2D eigenvalue weighted by molar-refractivity contribution is 5.98. The van der Waals surface area contributed by atoms with E-state index in [0.717, 1.165) is 5.56 Å². The van der Waals surface area contributed by atoms with Crippen LogP contribution in [0.4, 0.5) is 0 Å². The van der Waals surface area contributed by atoms with Crippen molar-refractivity contribution in [3.8, 4) is 67.5 Å². The van der Waals surface area contributed by atoms with E-state index in [1.54, 1.807) is 65.2 Å². The van der Waals surface area contributed by atoms with Crippen LogP contribution in [0.2, 0.25) is 0 Å². The predicted molar refractivity (Wildman–Crippen MR) is 258 cm³/mol. The molecule has 8 aromatic rings. The van der Waals surface area contributed by atoms with Gasteiger partial charge in [0.1, 0.15) is 11.6 Å². The maximum absolute atomic E-state index is 12.4. The minimum absolute atomic E-state index is 0.0350. The highest BCUT2D eigenvalue weighted by Crippen LogP contribution is 2.45. The minimum atomic E-state index is -3.57. The Morgan fingerprint density at radius 2 is 1.39 bits per heavy atom. The first-order chi connectivity index (χ1) is 36.9. The smallest absolute Gasteiger partial charge is 0.149 e. The summed E-state index contributed by atoms with van der Waals surface area (Å²) in [5, 5.41) is 12.4. The van der Waals surface area contributed by atoms with Crippen LogP contribution >= 0.6 is 0 Å². The molecular formula is C57H59N3O. The van der Waals surface area contributed by atoms with E-state index >= 15 is 0 Å². The fourth-order valence-electron chi connectivity index (χ4n) is 7.56. The van der Waals surface area contributed by atoms with Crippen molar-refractivity contribution in [3.05, 3.63) is 167 Å². The molecule has 4 heteroatoms. The zero-order chi connectivity index (χ0) is 59.5. The van der Waals surface area contributed by atoms with E-state index in [9.17, 15) is 6.48 Å². The molecule has 0 spiro atoms. The highest BCUT2D eigenvalue weighted by atomic mass is 16.3. The molecular weight excluding hydrogens is 743 g/mol. The van der Waals surface area contributed by atoms with E-state index in [4.69, 9.17) is 29.7 Å².